The fraction of sp³-hybridized carbons (Fsp3) is 0.250. The van der Waals surface area contributed by atoms with Gasteiger partial charge in [-0.2, -0.15) is 13.2 Å². The molecule has 19 heavy (non-hydrogen) atoms. The van der Waals surface area contributed by atoms with Crippen molar-refractivity contribution in [2.24, 2.45) is 0 Å². The van der Waals surface area contributed by atoms with E-state index >= 15 is 0 Å². The van der Waals surface area contributed by atoms with Crippen molar-refractivity contribution in [1.82, 2.24) is 0 Å². The van der Waals surface area contributed by atoms with Crippen LogP contribution in [0.25, 0.3) is 0 Å². The first-order valence-corrected chi connectivity index (χ1v) is 6.44. The minimum atomic E-state index is -4.74. The lowest BCUT2D eigenvalue weighted by molar-refractivity contribution is -0.384. The standard InChI is InChI=1S/C8H8F3N2O5P/c9-8(10,11)5-1-2-6(7(3-5)13(14)15)12-4-19(16,17)18/h1-3,12H,4H2,(H2,16,17,18). The van der Waals surface area contributed by atoms with E-state index in [2.05, 4.69) is 0 Å². The van der Waals surface area contributed by atoms with Gasteiger partial charge in [0.05, 0.1) is 10.5 Å². The van der Waals surface area contributed by atoms with E-state index < -0.39 is 41.9 Å². The fourth-order valence-electron chi connectivity index (χ4n) is 1.20. The van der Waals surface area contributed by atoms with Crippen LogP contribution in [-0.2, 0) is 10.7 Å². The molecule has 0 aliphatic rings. The summed E-state index contributed by atoms with van der Waals surface area (Å²) < 4.78 is 47.7. The van der Waals surface area contributed by atoms with Gasteiger partial charge in [-0.25, -0.2) is 0 Å². The first-order chi connectivity index (χ1) is 8.50. The van der Waals surface area contributed by atoms with Crippen LogP contribution in [-0.4, -0.2) is 21.0 Å². The van der Waals surface area contributed by atoms with E-state index in [1.54, 1.807) is 0 Å². The average molecular weight is 300 g/mol. The number of hydrogen-bond donors (Lipinski definition) is 3. The van der Waals surface area contributed by atoms with Crippen molar-refractivity contribution in [3.63, 3.8) is 0 Å². The van der Waals surface area contributed by atoms with Gasteiger partial charge in [0.25, 0.3) is 5.69 Å². The summed E-state index contributed by atoms with van der Waals surface area (Å²) in [5, 5.41) is 12.7. The molecule has 1 aromatic rings. The molecular weight excluding hydrogens is 292 g/mol. The molecule has 0 saturated heterocycles. The van der Waals surface area contributed by atoms with Crippen LogP contribution in [0.3, 0.4) is 0 Å². The Kier molecular flexibility index (Phi) is 4.18. The largest absolute Gasteiger partial charge is 0.416 e. The van der Waals surface area contributed by atoms with Gasteiger partial charge in [-0.05, 0) is 12.1 Å². The first kappa shape index (κ1) is 15.4. The quantitative estimate of drug-likeness (QED) is 0.446. The Morgan fingerprint density at radius 1 is 1.37 bits per heavy atom. The maximum atomic E-state index is 12.4. The summed E-state index contributed by atoms with van der Waals surface area (Å²) in [6, 6.07) is 1.62. The van der Waals surface area contributed by atoms with Crippen molar-refractivity contribution in [1.29, 1.82) is 0 Å². The molecule has 0 saturated carbocycles. The third kappa shape index (κ3) is 4.51. The summed E-state index contributed by atoms with van der Waals surface area (Å²) in [7, 11) is -4.48. The predicted octanol–water partition coefficient (Wildman–Crippen LogP) is 2.16. The number of alkyl halides is 3. The molecule has 106 valence electrons. The molecule has 0 aliphatic heterocycles. The molecule has 1 aromatic carbocycles. The first-order valence-electron chi connectivity index (χ1n) is 4.65. The summed E-state index contributed by atoms with van der Waals surface area (Å²) in [5.74, 6) is 0. The third-order valence-electron chi connectivity index (χ3n) is 2.00. The maximum absolute atomic E-state index is 12.4. The number of nitro groups is 1. The van der Waals surface area contributed by atoms with Crippen LogP contribution in [0, 0.1) is 10.1 Å². The van der Waals surface area contributed by atoms with Crippen LogP contribution in [0.5, 0.6) is 0 Å². The smallest absolute Gasteiger partial charge is 0.368 e. The molecule has 0 spiro atoms. The van der Waals surface area contributed by atoms with Crippen LogP contribution in [0.15, 0.2) is 18.2 Å². The molecule has 11 heteroatoms. The molecule has 0 radical (unpaired) electrons. The Morgan fingerprint density at radius 3 is 2.37 bits per heavy atom. The van der Waals surface area contributed by atoms with Gasteiger partial charge in [0.2, 0.25) is 0 Å². The highest BCUT2D eigenvalue weighted by molar-refractivity contribution is 7.51. The highest BCUT2D eigenvalue weighted by Crippen LogP contribution is 2.38. The second-order valence-electron chi connectivity index (χ2n) is 3.49. The van der Waals surface area contributed by atoms with Gasteiger partial charge < -0.3 is 15.1 Å². The van der Waals surface area contributed by atoms with Gasteiger partial charge in [0, 0.05) is 6.07 Å². The lowest BCUT2D eigenvalue weighted by Crippen LogP contribution is -2.09. The summed E-state index contributed by atoms with van der Waals surface area (Å²) >= 11 is 0. The minimum absolute atomic E-state index is 0.294. The average Bonchev–Trinajstić information content (AvgIpc) is 2.23. The molecule has 1 rings (SSSR count). The Labute approximate surface area is 104 Å². The van der Waals surface area contributed by atoms with Crippen LogP contribution in [0.2, 0.25) is 0 Å². The molecule has 0 aromatic heterocycles. The number of hydrogen-bond acceptors (Lipinski definition) is 4. The van der Waals surface area contributed by atoms with E-state index in [4.69, 9.17) is 9.79 Å². The highest BCUT2D eigenvalue weighted by Gasteiger charge is 2.33. The summed E-state index contributed by atoms with van der Waals surface area (Å²) in [5.41, 5.74) is -2.54. The SMILES string of the molecule is O=[N+]([O-])c1cc(C(F)(F)F)ccc1NCP(=O)(O)O. The summed E-state index contributed by atoms with van der Waals surface area (Å²) in [4.78, 5) is 26.7. The van der Waals surface area contributed by atoms with E-state index in [1.807, 2.05) is 5.32 Å². The number of anilines is 1. The monoisotopic (exact) mass is 300 g/mol. The zero-order chi connectivity index (χ0) is 14.8. The van der Waals surface area contributed by atoms with Crippen molar-refractivity contribution >= 4 is 19.0 Å². The Hall–Kier alpha value is -1.64. The number of benzene rings is 1. The normalized spacial score (nSPS) is 12.3. The summed E-state index contributed by atoms with van der Waals surface area (Å²) in [6.45, 7) is 0. The van der Waals surface area contributed by atoms with E-state index in [1.165, 1.54) is 0 Å². The van der Waals surface area contributed by atoms with Crippen LogP contribution in [0.4, 0.5) is 24.5 Å². The van der Waals surface area contributed by atoms with E-state index in [0.717, 1.165) is 6.07 Å². The molecule has 0 aliphatic carbocycles. The van der Waals surface area contributed by atoms with Crippen molar-refractivity contribution < 1.29 is 32.4 Å². The van der Waals surface area contributed by atoms with Gasteiger partial charge in [0.1, 0.15) is 12.0 Å². The Balaban J connectivity index is 3.13. The van der Waals surface area contributed by atoms with Crippen molar-refractivity contribution in [3.05, 3.63) is 33.9 Å². The number of nitrogens with zero attached hydrogens (tertiary/aromatic N) is 1. The molecule has 0 bridgehead atoms. The maximum Gasteiger partial charge on any atom is 0.416 e. The molecule has 0 amide bonds. The number of rotatable bonds is 4. The second kappa shape index (κ2) is 5.16. The van der Waals surface area contributed by atoms with Gasteiger partial charge in [-0.15, -0.1) is 0 Å². The van der Waals surface area contributed by atoms with Crippen LogP contribution >= 0.6 is 7.60 Å². The molecule has 0 atom stereocenters. The summed E-state index contributed by atoms with van der Waals surface area (Å²) in [6.07, 6.45) is -5.66. The van der Waals surface area contributed by atoms with Crippen LogP contribution < -0.4 is 5.32 Å². The molecular formula is C8H8F3N2O5P. The molecule has 3 N–H and O–H groups in total. The lowest BCUT2D eigenvalue weighted by atomic mass is 10.1. The fourth-order valence-corrected chi connectivity index (χ4v) is 1.57. The molecule has 7 nitrogen and oxygen atoms in total. The topological polar surface area (TPSA) is 113 Å². The second-order valence-corrected chi connectivity index (χ2v) is 5.13. The number of nitro benzene ring substituents is 1. The number of halogens is 3. The molecule has 0 fully saturated rings. The number of nitrogens with one attached hydrogen (secondary N) is 1. The Morgan fingerprint density at radius 2 is 1.95 bits per heavy atom. The zero-order valence-corrected chi connectivity index (χ0v) is 9.98. The van der Waals surface area contributed by atoms with Crippen LogP contribution in [0.1, 0.15) is 5.56 Å². The van der Waals surface area contributed by atoms with Crippen molar-refractivity contribution in [2.75, 3.05) is 11.6 Å². The molecule has 0 unspecified atom stereocenters. The Bertz CT molecular complexity index is 542. The van der Waals surface area contributed by atoms with Crippen molar-refractivity contribution in [3.8, 4) is 0 Å². The minimum Gasteiger partial charge on any atom is -0.368 e. The third-order valence-corrected chi connectivity index (χ3v) is 2.57. The van der Waals surface area contributed by atoms with Gasteiger partial charge in [-0.3, -0.25) is 14.7 Å². The predicted molar refractivity (Wildman–Crippen MR) is 58.6 cm³/mol. The lowest BCUT2D eigenvalue weighted by Gasteiger charge is -2.11. The van der Waals surface area contributed by atoms with Gasteiger partial charge in [0.15, 0.2) is 0 Å². The van der Waals surface area contributed by atoms with Gasteiger partial charge in [-0.1, -0.05) is 0 Å². The highest BCUT2D eigenvalue weighted by atomic mass is 31.2. The molecule has 0 heterocycles. The van der Waals surface area contributed by atoms with E-state index in [9.17, 15) is 27.9 Å². The van der Waals surface area contributed by atoms with E-state index in [-0.39, 0.29) is 0 Å². The van der Waals surface area contributed by atoms with Gasteiger partial charge >= 0.3 is 13.8 Å². The van der Waals surface area contributed by atoms with Crippen molar-refractivity contribution in [2.45, 2.75) is 6.18 Å². The van der Waals surface area contributed by atoms with E-state index in [0.29, 0.717) is 12.1 Å². The zero-order valence-electron chi connectivity index (χ0n) is 9.09.